The number of aromatic nitrogens is 1. The zero-order valence-corrected chi connectivity index (χ0v) is 9.27. The monoisotopic (exact) mass is 194 g/mol. The molecule has 14 heavy (non-hydrogen) atoms. The van der Waals surface area contributed by atoms with Crippen molar-refractivity contribution in [3.63, 3.8) is 0 Å². The number of H-pyrrole nitrogens is 1. The molecule has 78 valence electrons. The molecule has 1 aromatic rings. The van der Waals surface area contributed by atoms with Crippen molar-refractivity contribution in [2.45, 2.75) is 39.5 Å². The Labute approximate surface area is 84.7 Å². The van der Waals surface area contributed by atoms with Crippen LogP contribution in [0.1, 0.15) is 49.3 Å². The molecule has 3 nitrogen and oxygen atoms in total. The van der Waals surface area contributed by atoms with Gasteiger partial charge in [-0.05, 0) is 23.0 Å². The number of hydrogen-bond donors (Lipinski definition) is 2. The van der Waals surface area contributed by atoms with Crippen LogP contribution in [0.25, 0.3) is 0 Å². The molecule has 3 N–H and O–H groups in total. The third kappa shape index (κ3) is 1.81. The van der Waals surface area contributed by atoms with E-state index in [-0.39, 0.29) is 11.3 Å². The Morgan fingerprint density at radius 2 is 2.07 bits per heavy atom. The van der Waals surface area contributed by atoms with Crippen LogP contribution < -0.4 is 5.73 Å². The maximum absolute atomic E-state index is 11.1. The molecular weight excluding hydrogens is 176 g/mol. The molecule has 0 saturated carbocycles. The lowest BCUT2D eigenvalue weighted by Gasteiger charge is -2.19. The van der Waals surface area contributed by atoms with E-state index in [4.69, 9.17) is 5.73 Å². The van der Waals surface area contributed by atoms with Crippen molar-refractivity contribution < 1.29 is 4.79 Å². The number of nitrogens with one attached hydrogen (secondary N) is 1. The van der Waals surface area contributed by atoms with Crippen LogP contribution in [-0.2, 0) is 11.8 Å². The van der Waals surface area contributed by atoms with Gasteiger partial charge in [-0.1, -0.05) is 27.7 Å². The second-order valence-electron chi connectivity index (χ2n) is 4.52. The van der Waals surface area contributed by atoms with Crippen molar-refractivity contribution in [2.24, 2.45) is 5.73 Å². The molecule has 0 aliphatic rings. The Balaban J connectivity index is 3.28. The molecule has 0 fully saturated rings. The highest BCUT2D eigenvalue weighted by Crippen LogP contribution is 2.28. The molecule has 1 heterocycles. The first-order valence-electron chi connectivity index (χ1n) is 4.88. The Morgan fingerprint density at radius 1 is 1.50 bits per heavy atom. The molecule has 0 atom stereocenters. The van der Waals surface area contributed by atoms with Crippen molar-refractivity contribution >= 4 is 5.91 Å². The first kappa shape index (κ1) is 10.8. The molecule has 3 heteroatoms. The number of amides is 1. The van der Waals surface area contributed by atoms with E-state index in [2.05, 4.69) is 25.8 Å². The molecule has 0 unspecified atom stereocenters. The summed E-state index contributed by atoms with van der Waals surface area (Å²) in [6, 6.07) is 0. The summed E-state index contributed by atoms with van der Waals surface area (Å²) >= 11 is 0. The minimum absolute atomic E-state index is 0.0511. The van der Waals surface area contributed by atoms with Crippen LogP contribution in [0.15, 0.2) is 6.20 Å². The van der Waals surface area contributed by atoms with Gasteiger partial charge in [-0.2, -0.15) is 0 Å². The summed E-state index contributed by atoms with van der Waals surface area (Å²) in [5, 5.41) is 0. The number of primary amides is 1. The van der Waals surface area contributed by atoms with E-state index in [1.807, 2.05) is 13.1 Å². The van der Waals surface area contributed by atoms with E-state index in [1.54, 1.807) is 0 Å². The molecule has 0 aromatic carbocycles. The summed E-state index contributed by atoms with van der Waals surface area (Å²) in [5.41, 5.74) is 8.10. The molecule has 1 aromatic heterocycles. The van der Waals surface area contributed by atoms with Gasteiger partial charge in [0.15, 0.2) is 0 Å². The smallest absolute Gasteiger partial charge is 0.265 e. The zero-order chi connectivity index (χ0) is 10.9. The third-order valence-electron chi connectivity index (χ3n) is 2.40. The molecule has 0 aliphatic heterocycles. The quantitative estimate of drug-likeness (QED) is 0.743. The SMILES string of the molecule is CCc1c(C(C)(C)C)c[nH]c1C(N)=O. The summed E-state index contributed by atoms with van der Waals surface area (Å²) in [6.45, 7) is 8.41. The zero-order valence-electron chi connectivity index (χ0n) is 9.27. The average Bonchev–Trinajstić information content (AvgIpc) is 2.45. The van der Waals surface area contributed by atoms with Crippen LogP contribution in [0.4, 0.5) is 0 Å². The summed E-state index contributed by atoms with van der Waals surface area (Å²) in [6.07, 6.45) is 2.72. The predicted molar refractivity (Wildman–Crippen MR) is 57.4 cm³/mol. The highest BCUT2D eigenvalue weighted by molar-refractivity contribution is 5.93. The van der Waals surface area contributed by atoms with Gasteiger partial charge < -0.3 is 10.7 Å². The second kappa shape index (κ2) is 3.48. The van der Waals surface area contributed by atoms with Crippen LogP contribution in [0.2, 0.25) is 0 Å². The fraction of sp³-hybridized carbons (Fsp3) is 0.545. The van der Waals surface area contributed by atoms with Gasteiger partial charge in [0.05, 0.1) is 0 Å². The van der Waals surface area contributed by atoms with Crippen molar-refractivity contribution in [2.75, 3.05) is 0 Å². The van der Waals surface area contributed by atoms with Gasteiger partial charge in [0.25, 0.3) is 5.91 Å². The van der Waals surface area contributed by atoms with Gasteiger partial charge in [0.2, 0.25) is 0 Å². The molecular formula is C11H18N2O. The largest absolute Gasteiger partial charge is 0.364 e. The minimum atomic E-state index is -0.377. The summed E-state index contributed by atoms with van der Waals surface area (Å²) in [5.74, 6) is -0.377. The van der Waals surface area contributed by atoms with Crippen LogP contribution >= 0.6 is 0 Å². The Bertz CT molecular complexity index is 345. The van der Waals surface area contributed by atoms with E-state index in [0.717, 1.165) is 12.0 Å². The number of carbonyl (C=O) groups excluding carboxylic acids is 1. The fourth-order valence-corrected chi connectivity index (χ4v) is 1.71. The van der Waals surface area contributed by atoms with Crippen LogP contribution in [-0.4, -0.2) is 10.9 Å². The lowest BCUT2D eigenvalue weighted by Crippen LogP contribution is -2.16. The van der Waals surface area contributed by atoms with E-state index in [0.29, 0.717) is 5.69 Å². The second-order valence-corrected chi connectivity index (χ2v) is 4.52. The molecule has 1 amide bonds. The Kier molecular flexibility index (Phi) is 2.69. The predicted octanol–water partition coefficient (Wildman–Crippen LogP) is 1.97. The standard InChI is InChI=1S/C11H18N2O/c1-5-7-8(11(2,3)4)6-13-9(7)10(12)14/h6,13H,5H2,1-4H3,(H2,12,14). The number of rotatable bonds is 2. The first-order valence-corrected chi connectivity index (χ1v) is 4.88. The van der Waals surface area contributed by atoms with Crippen molar-refractivity contribution in [3.8, 4) is 0 Å². The van der Waals surface area contributed by atoms with Crippen LogP contribution in [0.3, 0.4) is 0 Å². The van der Waals surface area contributed by atoms with Gasteiger partial charge in [-0.15, -0.1) is 0 Å². The van der Waals surface area contributed by atoms with Crippen molar-refractivity contribution in [1.29, 1.82) is 0 Å². The fourth-order valence-electron chi connectivity index (χ4n) is 1.71. The average molecular weight is 194 g/mol. The van der Waals surface area contributed by atoms with Gasteiger partial charge in [-0.3, -0.25) is 4.79 Å². The number of aromatic amines is 1. The maximum Gasteiger partial charge on any atom is 0.265 e. The van der Waals surface area contributed by atoms with Crippen LogP contribution in [0.5, 0.6) is 0 Å². The molecule has 0 saturated heterocycles. The summed E-state index contributed by atoms with van der Waals surface area (Å²) in [4.78, 5) is 14.1. The normalized spacial score (nSPS) is 11.7. The van der Waals surface area contributed by atoms with Crippen molar-refractivity contribution in [1.82, 2.24) is 4.98 Å². The number of carbonyl (C=O) groups is 1. The molecule has 0 radical (unpaired) electrons. The van der Waals surface area contributed by atoms with Gasteiger partial charge in [0.1, 0.15) is 5.69 Å². The maximum atomic E-state index is 11.1. The van der Waals surface area contributed by atoms with Crippen LogP contribution in [0, 0.1) is 0 Å². The minimum Gasteiger partial charge on any atom is -0.364 e. The van der Waals surface area contributed by atoms with E-state index < -0.39 is 0 Å². The van der Waals surface area contributed by atoms with Gasteiger partial charge in [0, 0.05) is 6.20 Å². The summed E-state index contributed by atoms with van der Waals surface area (Å²) < 4.78 is 0. The first-order chi connectivity index (χ1) is 6.38. The van der Waals surface area contributed by atoms with Gasteiger partial charge in [-0.25, -0.2) is 0 Å². The molecule has 1 rings (SSSR count). The molecule has 0 aliphatic carbocycles. The highest BCUT2D eigenvalue weighted by atomic mass is 16.1. The molecule has 0 spiro atoms. The van der Waals surface area contributed by atoms with E-state index in [9.17, 15) is 4.79 Å². The highest BCUT2D eigenvalue weighted by Gasteiger charge is 2.22. The van der Waals surface area contributed by atoms with Gasteiger partial charge >= 0.3 is 0 Å². The third-order valence-corrected chi connectivity index (χ3v) is 2.40. The van der Waals surface area contributed by atoms with E-state index >= 15 is 0 Å². The lowest BCUT2D eigenvalue weighted by molar-refractivity contribution is 0.0995. The van der Waals surface area contributed by atoms with Crippen molar-refractivity contribution in [3.05, 3.63) is 23.0 Å². The Hall–Kier alpha value is -1.25. The lowest BCUT2D eigenvalue weighted by atomic mass is 9.85. The Morgan fingerprint density at radius 3 is 2.43 bits per heavy atom. The summed E-state index contributed by atoms with van der Waals surface area (Å²) in [7, 11) is 0. The topological polar surface area (TPSA) is 58.9 Å². The van der Waals surface area contributed by atoms with E-state index in [1.165, 1.54) is 5.56 Å². The number of hydrogen-bond acceptors (Lipinski definition) is 1. The molecule has 0 bridgehead atoms. The number of nitrogens with two attached hydrogens (primary N) is 1.